The Morgan fingerprint density at radius 2 is 2.20 bits per heavy atom. The lowest BCUT2D eigenvalue weighted by Crippen LogP contribution is -2.59. The molecule has 3 unspecified atom stereocenters. The highest BCUT2D eigenvalue weighted by Gasteiger charge is 2.43. The third-order valence-corrected chi connectivity index (χ3v) is 3.89. The van der Waals surface area contributed by atoms with Gasteiger partial charge in [-0.3, -0.25) is 0 Å². The molecule has 0 saturated heterocycles. The van der Waals surface area contributed by atoms with E-state index in [0.717, 1.165) is 12.8 Å². The molecule has 2 amide bonds. The van der Waals surface area contributed by atoms with Crippen LogP contribution in [0.15, 0.2) is 0 Å². The Bertz CT molecular complexity index is 348. The van der Waals surface area contributed by atoms with E-state index in [2.05, 4.69) is 10.6 Å². The molecule has 3 N–H and O–H groups in total. The van der Waals surface area contributed by atoms with Crippen molar-refractivity contribution in [3.8, 4) is 0 Å². The number of carboxylic acids is 1. The molecule has 20 heavy (non-hydrogen) atoms. The summed E-state index contributed by atoms with van der Waals surface area (Å²) in [6.45, 7) is 4.45. The van der Waals surface area contributed by atoms with Gasteiger partial charge in [-0.25, -0.2) is 9.59 Å². The maximum Gasteiger partial charge on any atom is 0.329 e. The number of aliphatic carboxylic acids is 1. The van der Waals surface area contributed by atoms with Crippen molar-refractivity contribution in [3.05, 3.63) is 0 Å². The van der Waals surface area contributed by atoms with Gasteiger partial charge in [0, 0.05) is 19.8 Å². The predicted octanol–water partition coefficient (Wildman–Crippen LogP) is 1.74. The molecule has 1 aliphatic carbocycles. The number of carbonyl (C=O) groups excluding carboxylic acids is 1. The van der Waals surface area contributed by atoms with Gasteiger partial charge in [0.2, 0.25) is 0 Å². The number of urea groups is 1. The minimum Gasteiger partial charge on any atom is -0.480 e. The van der Waals surface area contributed by atoms with Crippen LogP contribution in [0.3, 0.4) is 0 Å². The van der Waals surface area contributed by atoms with Crippen LogP contribution in [0.25, 0.3) is 0 Å². The molecule has 0 bridgehead atoms. The number of amides is 2. The quantitative estimate of drug-likeness (QED) is 0.694. The molecular weight excluding hydrogens is 260 g/mol. The van der Waals surface area contributed by atoms with E-state index in [-0.39, 0.29) is 6.04 Å². The second kappa shape index (κ2) is 7.47. The van der Waals surface area contributed by atoms with Crippen molar-refractivity contribution in [1.29, 1.82) is 0 Å². The summed E-state index contributed by atoms with van der Waals surface area (Å²) >= 11 is 0. The van der Waals surface area contributed by atoms with Gasteiger partial charge in [0.15, 0.2) is 0 Å². The van der Waals surface area contributed by atoms with Crippen LogP contribution in [0.5, 0.6) is 0 Å². The molecule has 1 aliphatic rings. The summed E-state index contributed by atoms with van der Waals surface area (Å²) in [4.78, 5) is 23.5. The zero-order valence-corrected chi connectivity index (χ0v) is 12.6. The van der Waals surface area contributed by atoms with E-state index >= 15 is 0 Å². The fraction of sp³-hybridized carbons (Fsp3) is 0.857. The first-order valence-corrected chi connectivity index (χ1v) is 7.20. The van der Waals surface area contributed by atoms with E-state index < -0.39 is 17.5 Å². The fourth-order valence-electron chi connectivity index (χ4n) is 2.76. The average molecular weight is 286 g/mol. The van der Waals surface area contributed by atoms with E-state index in [1.54, 1.807) is 7.11 Å². The standard InChI is InChI=1S/C14H26N2O4/c1-10-5-4-7-14(9-10,12(17)18)16-13(19)15-11(2)6-8-20-3/h10-11H,4-9H2,1-3H3,(H,17,18)(H2,15,16,19). The van der Waals surface area contributed by atoms with Crippen LogP contribution >= 0.6 is 0 Å². The van der Waals surface area contributed by atoms with Crippen molar-refractivity contribution in [2.24, 2.45) is 5.92 Å². The molecular formula is C14H26N2O4. The van der Waals surface area contributed by atoms with Crippen LogP contribution in [-0.4, -0.2) is 42.4 Å². The second-order valence-electron chi connectivity index (χ2n) is 5.87. The highest BCUT2D eigenvalue weighted by Crippen LogP contribution is 2.32. The first kappa shape index (κ1) is 16.8. The van der Waals surface area contributed by atoms with Crippen LogP contribution in [0.2, 0.25) is 0 Å². The molecule has 0 heterocycles. The monoisotopic (exact) mass is 286 g/mol. The predicted molar refractivity (Wildman–Crippen MR) is 75.6 cm³/mol. The number of nitrogens with one attached hydrogen (secondary N) is 2. The number of ether oxygens (including phenoxy) is 1. The van der Waals surface area contributed by atoms with Gasteiger partial charge in [-0.1, -0.05) is 19.8 Å². The van der Waals surface area contributed by atoms with E-state index in [1.165, 1.54) is 0 Å². The number of hydrogen-bond acceptors (Lipinski definition) is 3. The van der Waals surface area contributed by atoms with Crippen molar-refractivity contribution in [3.63, 3.8) is 0 Å². The van der Waals surface area contributed by atoms with E-state index in [1.807, 2.05) is 13.8 Å². The minimum absolute atomic E-state index is 0.0539. The molecule has 0 aromatic heterocycles. The molecule has 3 atom stereocenters. The van der Waals surface area contributed by atoms with Crippen molar-refractivity contribution in [2.45, 2.75) is 57.5 Å². The van der Waals surface area contributed by atoms with Crippen molar-refractivity contribution in [1.82, 2.24) is 10.6 Å². The summed E-state index contributed by atoms with van der Waals surface area (Å²) in [5.41, 5.74) is -1.12. The van der Waals surface area contributed by atoms with E-state index in [0.29, 0.717) is 31.8 Å². The summed E-state index contributed by atoms with van der Waals surface area (Å²) in [6, 6.07) is -0.466. The molecule has 1 fully saturated rings. The van der Waals surface area contributed by atoms with Gasteiger partial charge >= 0.3 is 12.0 Å². The topological polar surface area (TPSA) is 87.7 Å². The molecule has 0 aromatic rings. The molecule has 0 radical (unpaired) electrons. The van der Waals surface area contributed by atoms with Gasteiger partial charge in [0.1, 0.15) is 5.54 Å². The van der Waals surface area contributed by atoms with Crippen molar-refractivity contribution >= 4 is 12.0 Å². The normalized spacial score (nSPS) is 27.6. The Balaban J connectivity index is 2.57. The van der Waals surface area contributed by atoms with Crippen LogP contribution < -0.4 is 10.6 Å². The zero-order valence-electron chi connectivity index (χ0n) is 12.6. The highest BCUT2D eigenvalue weighted by atomic mass is 16.5. The Hall–Kier alpha value is -1.30. The molecule has 0 aromatic carbocycles. The molecule has 6 heteroatoms. The fourth-order valence-corrected chi connectivity index (χ4v) is 2.76. The Kier molecular flexibility index (Phi) is 6.26. The lowest BCUT2D eigenvalue weighted by Gasteiger charge is -2.37. The average Bonchev–Trinajstić information content (AvgIpc) is 2.35. The van der Waals surface area contributed by atoms with Crippen LogP contribution in [0.4, 0.5) is 4.79 Å². The van der Waals surface area contributed by atoms with Gasteiger partial charge in [-0.15, -0.1) is 0 Å². The maximum atomic E-state index is 12.0. The lowest BCUT2D eigenvalue weighted by atomic mass is 9.76. The van der Waals surface area contributed by atoms with E-state index in [4.69, 9.17) is 4.74 Å². The first-order valence-electron chi connectivity index (χ1n) is 7.20. The molecule has 116 valence electrons. The number of hydrogen-bond donors (Lipinski definition) is 3. The van der Waals surface area contributed by atoms with Gasteiger partial charge in [0.05, 0.1) is 0 Å². The summed E-state index contributed by atoms with van der Waals surface area (Å²) in [6.07, 6.45) is 3.52. The number of carbonyl (C=O) groups is 2. The van der Waals surface area contributed by atoms with Crippen LogP contribution in [-0.2, 0) is 9.53 Å². The lowest BCUT2D eigenvalue weighted by molar-refractivity contribution is -0.146. The third-order valence-electron chi connectivity index (χ3n) is 3.89. The van der Waals surface area contributed by atoms with Gasteiger partial charge in [-0.05, 0) is 32.1 Å². The highest BCUT2D eigenvalue weighted by molar-refractivity contribution is 5.86. The van der Waals surface area contributed by atoms with Crippen LogP contribution in [0, 0.1) is 5.92 Å². The maximum absolute atomic E-state index is 12.0. The summed E-state index contributed by atoms with van der Waals surface area (Å²) in [5, 5.41) is 14.9. The molecule has 6 nitrogen and oxygen atoms in total. The number of rotatable bonds is 6. The molecule has 1 saturated carbocycles. The Morgan fingerprint density at radius 3 is 2.75 bits per heavy atom. The first-order chi connectivity index (χ1) is 9.39. The summed E-state index contributed by atoms with van der Waals surface area (Å²) < 4.78 is 4.95. The Labute approximate surface area is 120 Å². The van der Waals surface area contributed by atoms with Crippen molar-refractivity contribution < 1.29 is 19.4 Å². The second-order valence-corrected chi connectivity index (χ2v) is 5.87. The number of methoxy groups -OCH3 is 1. The van der Waals surface area contributed by atoms with E-state index in [9.17, 15) is 14.7 Å². The molecule has 0 aliphatic heterocycles. The van der Waals surface area contributed by atoms with Gasteiger partial charge in [-0.2, -0.15) is 0 Å². The van der Waals surface area contributed by atoms with Crippen molar-refractivity contribution in [2.75, 3.05) is 13.7 Å². The Morgan fingerprint density at radius 1 is 1.50 bits per heavy atom. The number of carboxylic acid groups (broad SMARTS) is 1. The van der Waals surface area contributed by atoms with Gasteiger partial charge < -0.3 is 20.5 Å². The SMILES string of the molecule is COCCC(C)NC(=O)NC1(C(=O)O)CCCC(C)C1. The third kappa shape index (κ3) is 4.67. The smallest absolute Gasteiger partial charge is 0.329 e. The van der Waals surface area contributed by atoms with Crippen LogP contribution in [0.1, 0.15) is 46.0 Å². The van der Waals surface area contributed by atoms with Gasteiger partial charge in [0.25, 0.3) is 0 Å². The largest absolute Gasteiger partial charge is 0.480 e. The molecule has 1 rings (SSSR count). The zero-order chi connectivity index (χ0) is 15.2. The molecule has 0 spiro atoms. The minimum atomic E-state index is -1.12. The summed E-state index contributed by atoms with van der Waals surface area (Å²) in [7, 11) is 1.61. The summed E-state index contributed by atoms with van der Waals surface area (Å²) in [5.74, 6) is -0.630.